The summed E-state index contributed by atoms with van der Waals surface area (Å²) in [5.41, 5.74) is 8.06. The maximum Gasteiger partial charge on any atom is 0.345 e. The lowest BCUT2D eigenvalue weighted by Gasteiger charge is -2.26. The van der Waals surface area contributed by atoms with Gasteiger partial charge >= 0.3 is 5.97 Å². The zero-order chi connectivity index (χ0) is 22.8. The topological polar surface area (TPSA) is 94.6 Å². The van der Waals surface area contributed by atoms with Crippen LogP contribution in [0.3, 0.4) is 0 Å². The Kier molecular flexibility index (Phi) is 5.95. The van der Waals surface area contributed by atoms with Gasteiger partial charge in [-0.25, -0.2) is 4.79 Å². The summed E-state index contributed by atoms with van der Waals surface area (Å²) in [4.78, 5) is 12.5. The third kappa shape index (κ3) is 4.09. The Morgan fingerprint density at radius 1 is 1.06 bits per heavy atom. The van der Waals surface area contributed by atoms with Crippen molar-refractivity contribution in [2.45, 2.75) is 5.92 Å². The van der Waals surface area contributed by atoms with Crippen LogP contribution in [0.4, 0.5) is 0 Å². The fraction of sp³-hybridized carbons (Fsp3) is 0.0833. The van der Waals surface area contributed by atoms with Crippen molar-refractivity contribution in [3.8, 4) is 23.3 Å². The summed E-state index contributed by atoms with van der Waals surface area (Å²) in [5, 5.41) is 10.3. The summed E-state index contributed by atoms with van der Waals surface area (Å²) in [6.45, 7) is 0. The number of hydrogen-bond acceptors (Lipinski definition) is 6. The molecule has 4 rings (SSSR count). The number of nitrogens with zero attached hydrogens (tertiary/aromatic N) is 1. The van der Waals surface area contributed by atoms with E-state index in [1.54, 1.807) is 31.4 Å². The van der Waals surface area contributed by atoms with E-state index in [0.717, 1.165) is 5.56 Å². The van der Waals surface area contributed by atoms with Crippen molar-refractivity contribution in [2.24, 2.45) is 5.73 Å². The summed E-state index contributed by atoms with van der Waals surface area (Å²) in [6, 6.07) is 18.9. The Balaban J connectivity index is 1.68. The van der Waals surface area contributed by atoms with E-state index < -0.39 is 11.9 Å². The molecule has 0 saturated carbocycles. The molecule has 1 unspecified atom stereocenters. The van der Waals surface area contributed by atoms with Crippen LogP contribution in [0.1, 0.15) is 27.4 Å². The maximum absolute atomic E-state index is 12.5. The molecule has 1 aliphatic heterocycles. The van der Waals surface area contributed by atoms with E-state index in [1.807, 2.05) is 24.3 Å². The largest absolute Gasteiger partial charge is 0.497 e. The molecule has 0 radical (unpaired) electrons. The smallest absolute Gasteiger partial charge is 0.345 e. The van der Waals surface area contributed by atoms with E-state index in [2.05, 4.69) is 6.07 Å². The van der Waals surface area contributed by atoms with Gasteiger partial charge in [-0.2, -0.15) is 5.26 Å². The number of nitrogens with two attached hydrogens (primary N) is 1. The average molecular weight is 467 g/mol. The molecule has 2 N–H and O–H groups in total. The second-order valence-corrected chi connectivity index (χ2v) is 7.75. The number of ether oxygens (including phenoxy) is 3. The van der Waals surface area contributed by atoms with E-state index in [4.69, 9.17) is 43.1 Å². The zero-order valence-corrected chi connectivity index (χ0v) is 18.3. The predicted molar refractivity (Wildman–Crippen MR) is 120 cm³/mol. The van der Waals surface area contributed by atoms with E-state index >= 15 is 0 Å². The molecular weight excluding hydrogens is 451 g/mol. The molecule has 0 bridgehead atoms. The number of benzene rings is 3. The van der Waals surface area contributed by atoms with Gasteiger partial charge in [-0.15, -0.1) is 0 Å². The van der Waals surface area contributed by atoms with Gasteiger partial charge in [0.25, 0.3) is 0 Å². The first-order valence-electron chi connectivity index (χ1n) is 9.44. The van der Waals surface area contributed by atoms with E-state index in [1.165, 1.54) is 12.1 Å². The average Bonchev–Trinajstić information content (AvgIpc) is 2.78. The van der Waals surface area contributed by atoms with Crippen LogP contribution >= 0.6 is 23.2 Å². The number of hydrogen-bond donors (Lipinski definition) is 1. The maximum atomic E-state index is 12.5. The van der Waals surface area contributed by atoms with Crippen molar-refractivity contribution in [1.29, 1.82) is 5.26 Å². The minimum Gasteiger partial charge on any atom is -0.497 e. The molecule has 6 nitrogen and oxygen atoms in total. The molecule has 0 fully saturated rings. The highest BCUT2D eigenvalue weighted by molar-refractivity contribution is 6.36. The number of fused-ring (bicyclic) bond motifs is 1. The highest BCUT2D eigenvalue weighted by Crippen LogP contribution is 2.43. The zero-order valence-electron chi connectivity index (χ0n) is 16.8. The number of rotatable bonds is 4. The number of halogens is 2. The number of carbonyl (C=O) groups is 1. The minimum absolute atomic E-state index is 0.00922. The minimum atomic E-state index is -0.643. The Morgan fingerprint density at radius 3 is 2.44 bits per heavy atom. The van der Waals surface area contributed by atoms with Crippen LogP contribution in [-0.4, -0.2) is 13.1 Å². The lowest BCUT2D eigenvalue weighted by molar-refractivity contribution is 0.0734. The molecule has 160 valence electrons. The summed E-state index contributed by atoms with van der Waals surface area (Å²) in [5.74, 6) is 0.224. The Hall–Kier alpha value is -3.66. The monoisotopic (exact) mass is 466 g/mol. The van der Waals surface area contributed by atoms with E-state index in [0.29, 0.717) is 27.7 Å². The fourth-order valence-corrected chi connectivity index (χ4v) is 3.94. The summed E-state index contributed by atoms with van der Waals surface area (Å²) < 4.78 is 16.3. The van der Waals surface area contributed by atoms with Crippen molar-refractivity contribution >= 4 is 29.2 Å². The van der Waals surface area contributed by atoms with Crippen LogP contribution in [-0.2, 0) is 0 Å². The molecule has 0 saturated heterocycles. The molecule has 0 aliphatic carbocycles. The molecule has 0 aromatic heterocycles. The van der Waals surface area contributed by atoms with Crippen molar-refractivity contribution in [2.75, 3.05) is 7.11 Å². The molecule has 8 heteroatoms. The normalized spacial score (nSPS) is 14.8. The molecule has 32 heavy (non-hydrogen) atoms. The van der Waals surface area contributed by atoms with Crippen LogP contribution < -0.4 is 19.9 Å². The number of allylic oxidation sites excluding steroid dienone is 1. The van der Waals surface area contributed by atoms with E-state index in [-0.39, 0.29) is 22.2 Å². The lowest BCUT2D eigenvalue weighted by atomic mass is 9.83. The molecule has 1 aliphatic rings. The Bertz CT molecular complexity index is 1280. The molecule has 1 heterocycles. The van der Waals surface area contributed by atoms with Gasteiger partial charge < -0.3 is 19.9 Å². The van der Waals surface area contributed by atoms with Crippen LogP contribution in [0.2, 0.25) is 10.0 Å². The second-order valence-electron chi connectivity index (χ2n) is 6.91. The van der Waals surface area contributed by atoms with Crippen LogP contribution in [0, 0.1) is 11.3 Å². The van der Waals surface area contributed by atoms with Gasteiger partial charge in [-0.05, 0) is 42.0 Å². The van der Waals surface area contributed by atoms with Gasteiger partial charge in [0.1, 0.15) is 28.9 Å². The fourth-order valence-electron chi connectivity index (χ4n) is 3.46. The first kappa shape index (κ1) is 21.6. The summed E-state index contributed by atoms with van der Waals surface area (Å²) in [6.07, 6.45) is 0. The van der Waals surface area contributed by atoms with Crippen LogP contribution in [0.5, 0.6) is 17.2 Å². The Morgan fingerprint density at radius 2 is 1.78 bits per heavy atom. The van der Waals surface area contributed by atoms with Gasteiger partial charge in [-0.3, -0.25) is 0 Å². The number of esters is 1. The van der Waals surface area contributed by atoms with Crippen LogP contribution in [0.25, 0.3) is 0 Å². The third-order valence-electron chi connectivity index (χ3n) is 5.00. The highest BCUT2D eigenvalue weighted by Gasteiger charge is 2.31. The SMILES string of the molecule is COc1ccc(C2C(C#N)=C(N)Oc3cc(OC(=O)c4ccc(Cl)cc4Cl)ccc32)cc1. The second kappa shape index (κ2) is 8.83. The number of methoxy groups -OCH3 is 1. The van der Waals surface area contributed by atoms with Gasteiger partial charge in [0.05, 0.1) is 23.6 Å². The summed E-state index contributed by atoms with van der Waals surface area (Å²) in [7, 11) is 1.58. The van der Waals surface area contributed by atoms with Gasteiger partial charge in [0, 0.05) is 16.7 Å². The van der Waals surface area contributed by atoms with Crippen molar-refractivity contribution in [3.63, 3.8) is 0 Å². The van der Waals surface area contributed by atoms with Gasteiger partial charge in [-0.1, -0.05) is 41.4 Å². The number of nitriles is 1. The number of carbonyl (C=O) groups excluding carboxylic acids is 1. The molecule has 3 aromatic rings. The quantitative estimate of drug-likeness (QED) is 0.406. The third-order valence-corrected chi connectivity index (χ3v) is 5.55. The van der Waals surface area contributed by atoms with Crippen molar-refractivity contribution in [3.05, 3.63) is 98.9 Å². The molecule has 0 amide bonds. The van der Waals surface area contributed by atoms with Crippen molar-refractivity contribution in [1.82, 2.24) is 0 Å². The molecule has 1 atom stereocenters. The standard InChI is InChI=1S/C24H16Cl2N2O4/c1-30-15-5-2-13(3-6-15)22-18-9-7-16(11-21(18)32-23(28)19(22)12-27)31-24(29)17-8-4-14(25)10-20(17)26/h2-11,22H,28H2,1H3. The molecule has 0 spiro atoms. The Labute approximate surface area is 194 Å². The van der Waals surface area contributed by atoms with Crippen molar-refractivity contribution < 1.29 is 19.0 Å². The van der Waals surface area contributed by atoms with Gasteiger partial charge in [0.2, 0.25) is 5.88 Å². The van der Waals surface area contributed by atoms with Gasteiger partial charge in [0.15, 0.2) is 0 Å². The summed E-state index contributed by atoms with van der Waals surface area (Å²) >= 11 is 12.0. The lowest BCUT2D eigenvalue weighted by Crippen LogP contribution is -2.21. The molecule has 3 aromatic carbocycles. The first-order valence-corrected chi connectivity index (χ1v) is 10.2. The molecular formula is C24H16Cl2N2O4. The van der Waals surface area contributed by atoms with E-state index in [9.17, 15) is 10.1 Å². The highest BCUT2D eigenvalue weighted by atomic mass is 35.5. The predicted octanol–water partition coefficient (Wildman–Crippen LogP) is 5.44. The first-order chi connectivity index (χ1) is 15.4. The van der Waals surface area contributed by atoms with Crippen LogP contribution in [0.15, 0.2) is 72.1 Å².